The summed E-state index contributed by atoms with van der Waals surface area (Å²) in [5.74, 6) is 1.44. The van der Waals surface area contributed by atoms with Gasteiger partial charge >= 0.3 is 0 Å². The van der Waals surface area contributed by atoms with Crippen LogP contribution in [-0.4, -0.2) is 37.9 Å². The number of rotatable bonds is 6. The number of aromatic nitrogens is 1. The fraction of sp³-hybridized carbons (Fsp3) is 0.421. The van der Waals surface area contributed by atoms with Gasteiger partial charge in [-0.2, -0.15) is 4.31 Å². The molecule has 1 fully saturated rings. The maximum Gasteiger partial charge on any atom is 0.244 e. The van der Waals surface area contributed by atoms with E-state index in [4.69, 9.17) is 4.74 Å². The molecule has 134 valence electrons. The molecule has 0 radical (unpaired) electrons. The summed E-state index contributed by atoms with van der Waals surface area (Å²) in [5, 5.41) is 0. The van der Waals surface area contributed by atoms with Crippen molar-refractivity contribution in [2.24, 2.45) is 5.92 Å². The molecule has 0 saturated carbocycles. The van der Waals surface area contributed by atoms with E-state index in [1.807, 2.05) is 12.1 Å². The second-order valence-corrected chi connectivity index (χ2v) is 8.36. The van der Waals surface area contributed by atoms with Gasteiger partial charge in [0.05, 0.1) is 7.11 Å². The molecular weight excluding hydrogens is 336 g/mol. The van der Waals surface area contributed by atoms with Gasteiger partial charge in [-0.25, -0.2) is 8.42 Å². The molecule has 0 N–H and O–H groups in total. The minimum atomic E-state index is -3.40. The van der Waals surface area contributed by atoms with Crippen LogP contribution in [-0.2, 0) is 16.4 Å². The van der Waals surface area contributed by atoms with Crippen LogP contribution in [0.15, 0.2) is 53.7 Å². The number of benzene rings is 1. The lowest BCUT2D eigenvalue weighted by Crippen LogP contribution is -2.38. The summed E-state index contributed by atoms with van der Waals surface area (Å²) in [5.41, 5.74) is 1.30. The van der Waals surface area contributed by atoms with Gasteiger partial charge in [-0.05, 0) is 61.4 Å². The Labute approximate surface area is 149 Å². The number of aryl methyl sites for hydroxylation is 1. The molecule has 1 aliphatic rings. The van der Waals surface area contributed by atoms with Crippen LogP contribution < -0.4 is 4.74 Å². The van der Waals surface area contributed by atoms with Gasteiger partial charge < -0.3 is 4.74 Å². The van der Waals surface area contributed by atoms with Crippen molar-refractivity contribution in [1.29, 1.82) is 0 Å². The molecule has 0 atom stereocenters. The van der Waals surface area contributed by atoms with E-state index in [-0.39, 0.29) is 4.90 Å². The summed E-state index contributed by atoms with van der Waals surface area (Å²) in [6, 6.07) is 11.4. The highest BCUT2D eigenvalue weighted by molar-refractivity contribution is 7.89. The molecule has 6 heteroatoms. The molecule has 1 aliphatic heterocycles. The maximum absolute atomic E-state index is 12.6. The van der Waals surface area contributed by atoms with Crippen molar-refractivity contribution in [1.82, 2.24) is 9.29 Å². The molecule has 1 aromatic heterocycles. The Morgan fingerprint density at radius 2 is 1.88 bits per heavy atom. The molecule has 2 heterocycles. The second-order valence-electron chi connectivity index (χ2n) is 6.42. The molecule has 3 rings (SSSR count). The summed E-state index contributed by atoms with van der Waals surface area (Å²) in [6.07, 6.45) is 6.94. The molecule has 5 nitrogen and oxygen atoms in total. The highest BCUT2D eigenvalue weighted by Gasteiger charge is 2.29. The number of hydrogen-bond donors (Lipinski definition) is 0. The molecule has 25 heavy (non-hydrogen) atoms. The third-order valence-corrected chi connectivity index (χ3v) is 6.73. The number of nitrogens with zero attached hydrogens (tertiary/aromatic N) is 2. The monoisotopic (exact) mass is 360 g/mol. The van der Waals surface area contributed by atoms with Gasteiger partial charge in [0.15, 0.2) is 0 Å². The third kappa shape index (κ3) is 4.38. The number of ether oxygens (including phenoxy) is 1. The van der Waals surface area contributed by atoms with Crippen LogP contribution in [0.1, 0.15) is 24.8 Å². The summed E-state index contributed by atoms with van der Waals surface area (Å²) in [4.78, 5) is 4.21. The predicted molar refractivity (Wildman–Crippen MR) is 97.0 cm³/mol. The highest BCUT2D eigenvalue weighted by Crippen LogP contribution is 2.26. The Balaban J connectivity index is 1.51. The van der Waals surface area contributed by atoms with Gasteiger partial charge in [-0.3, -0.25) is 4.98 Å². The first-order chi connectivity index (χ1) is 12.1. The van der Waals surface area contributed by atoms with E-state index in [0.717, 1.165) is 31.4 Å². The van der Waals surface area contributed by atoms with Crippen molar-refractivity contribution in [3.63, 3.8) is 0 Å². The van der Waals surface area contributed by atoms with Crippen molar-refractivity contribution in [3.05, 3.63) is 54.4 Å². The normalized spacial score (nSPS) is 16.7. The lowest BCUT2D eigenvalue weighted by atomic mass is 9.91. The van der Waals surface area contributed by atoms with Crippen molar-refractivity contribution in [2.75, 3.05) is 20.2 Å². The number of hydrogen-bond acceptors (Lipinski definition) is 4. The molecule has 1 saturated heterocycles. The standard InChI is InChI=1S/C19H24N2O3S/c1-24-18-8-6-16(7-9-18)4-5-17-10-13-21(14-11-17)25(22,23)19-3-2-12-20-15-19/h2-3,6-9,12,15,17H,4-5,10-11,13-14H2,1H3. The SMILES string of the molecule is COc1ccc(CCC2CCN(S(=O)(=O)c3cccnc3)CC2)cc1. The first-order valence-corrected chi connectivity index (χ1v) is 10.1. The van der Waals surface area contributed by atoms with Crippen LogP contribution in [0.5, 0.6) is 5.75 Å². The largest absolute Gasteiger partial charge is 0.497 e. The van der Waals surface area contributed by atoms with Crippen molar-refractivity contribution in [3.8, 4) is 5.75 Å². The lowest BCUT2D eigenvalue weighted by molar-refractivity contribution is 0.263. The molecule has 2 aromatic rings. The molecule has 0 spiro atoms. The van der Waals surface area contributed by atoms with E-state index in [1.54, 1.807) is 29.7 Å². The minimum Gasteiger partial charge on any atom is -0.497 e. The van der Waals surface area contributed by atoms with Crippen LogP contribution in [0, 0.1) is 5.92 Å². The smallest absolute Gasteiger partial charge is 0.244 e. The van der Waals surface area contributed by atoms with Crippen LogP contribution in [0.3, 0.4) is 0 Å². The summed E-state index contributed by atoms with van der Waals surface area (Å²) in [7, 11) is -1.73. The van der Waals surface area contributed by atoms with Gasteiger partial charge in [-0.1, -0.05) is 12.1 Å². The fourth-order valence-corrected chi connectivity index (χ4v) is 4.68. The molecule has 0 amide bonds. The Kier molecular flexibility index (Phi) is 5.71. The molecule has 0 aliphatic carbocycles. The van der Waals surface area contributed by atoms with Crippen LogP contribution in [0.2, 0.25) is 0 Å². The van der Waals surface area contributed by atoms with E-state index in [0.29, 0.717) is 19.0 Å². The van der Waals surface area contributed by atoms with Crippen LogP contribution in [0.4, 0.5) is 0 Å². The number of sulfonamides is 1. The van der Waals surface area contributed by atoms with Crippen LogP contribution in [0.25, 0.3) is 0 Å². The molecular formula is C19H24N2O3S. The van der Waals surface area contributed by atoms with Gasteiger partial charge in [0, 0.05) is 25.5 Å². The zero-order valence-electron chi connectivity index (χ0n) is 14.5. The third-order valence-electron chi connectivity index (χ3n) is 4.85. The number of pyridine rings is 1. The Morgan fingerprint density at radius 1 is 1.16 bits per heavy atom. The van der Waals surface area contributed by atoms with Crippen LogP contribution >= 0.6 is 0 Å². The van der Waals surface area contributed by atoms with E-state index in [9.17, 15) is 8.42 Å². The summed E-state index contributed by atoms with van der Waals surface area (Å²) in [6.45, 7) is 1.18. The van der Waals surface area contributed by atoms with Gasteiger partial charge in [0.25, 0.3) is 0 Å². The fourth-order valence-electron chi connectivity index (χ4n) is 3.25. The molecule has 0 bridgehead atoms. The quantitative estimate of drug-likeness (QED) is 0.794. The Bertz CT molecular complexity index is 768. The Morgan fingerprint density at radius 3 is 2.48 bits per heavy atom. The average Bonchev–Trinajstić information content (AvgIpc) is 2.68. The van der Waals surface area contributed by atoms with Gasteiger partial charge in [-0.15, -0.1) is 0 Å². The zero-order chi connectivity index (χ0) is 17.7. The molecule has 1 aromatic carbocycles. The highest BCUT2D eigenvalue weighted by atomic mass is 32.2. The van der Waals surface area contributed by atoms with Gasteiger partial charge in [0.1, 0.15) is 10.6 Å². The number of methoxy groups -OCH3 is 1. The van der Waals surface area contributed by atoms with E-state index in [2.05, 4.69) is 17.1 Å². The van der Waals surface area contributed by atoms with E-state index >= 15 is 0 Å². The van der Waals surface area contributed by atoms with Crippen molar-refractivity contribution < 1.29 is 13.2 Å². The van der Waals surface area contributed by atoms with Crippen molar-refractivity contribution in [2.45, 2.75) is 30.6 Å². The summed E-state index contributed by atoms with van der Waals surface area (Å²) >= 11 is 0. The van der Waals surface area contributed by atoms with Gasteiger partial charge in [0.2, 0.25) is 10.0 Å². The van der Waals surface area contributed by atoms with E-state index in [1.165, 1.54) is 11.8 Å². The van der Waals surface area contributed by atoms with E-state index < -0.39 is 10.0 Å². The Hall–Kier alpha value is -1.92. The average molecular weight is 360 g/mol. The second kappa shape index (κ2) is 7.97. The first-order valence-electron chi connectivity index (χ1n) is 8.62. The topological polar surface area (TPSA) is 59.5 Å². The predicted octanol–water partition coefficient (Wildman–Crippen LogP) is 3.12. The number of piperidine rings is 1. The first kappa shape index (κ1) is 17.9. The zero-order valence-corrected chi connectivity index (χ0v) is 15.3. The minimum absolute atomic E-state index is 0.284. The van der Waals surface area contributed by atoms with Crippen molar-refractivity contribution >= 4 is 10.0 Å². The molecule has 0 unspecified atom stereocenters. The summed E-state index contributed by atoms with van der Waals surface area (Å²) < 4.78 is 32.0. The maximum atomic E-state index is 12.6. The lowest BCUT2D eigenvalue weighted by Gasteiger charge is -2.31.